The highest BCUT2D eigenvalue weighted by molar-refractivity contribution is 5.82. The van der Waals surface area contributed by atoms with Crippen LogP contribution >= 0.6 is 0 Å². The van der Waals surface area contributed by atoms with E-state index in [4.69, 9.17) is 0 Å². The molecule has 2 fully saturated rings. The zero-order chi connectivity index (χ0) is 13.7. The molecule has 0 radical (unpaired) electrons. The highest BCUT2D eigenvalue weighted by Gasteiger charge is 2.28. The predicted octanol–water partition coefficient (Wildman–Crippen LogP) is 1.37. The van der Waals surface area contributed by atoms with Crippen molar-refractivity contribution in [3.63, 3.8) is 0 Å². The van der Waals surface area contributed by atoms with Crippen LogP contribution in [0.4, 0.5) is 0 Å². The van der Waals surface area contributed by atoms with Crippen LogP contribution in [0.3, 0.4) is 0 Å². The maximum atomic E-state index is 12.3. The molecule has 4 heteroatoms. The van der Waals surface area contributed by atoms with E-state index in [1.807, 2.05) is 0 Å². The molecule has 4 nitrogen and oxygen atoms in total. The lowest BCUT2D eigenvalue weighted by atomic mass is 9.90. The molecule has 0 bridgehead atoms. The number of carbonyl (C=O) groups is 1. The molecular formula is C15H29N3O. The molecular weight excluding hydrogens is 238 g/mol. The van der Waals surface area contributed by atoms with E-state index in [9.17, 15) is 4.79 Å². The van der Waals surface area contributed by atoms with Crippen LogP contribution in [0.1, 0.15) is 46.0 Å². The van der Waals surface area contributed by atoms with E-state index in [1.54, 1.807) is 0 Å². The quantitative estimate of drug-likeness (QED) is 0.808. The Bertz CT molecular complexity index is 287. The lowest BCUT2D eigenvalue weighted by molar-refractivity contribution is -0.125. The minimum atomic E-state index is 0.0444. The van der Waals surface area contributed by atoms with Crippen LogP contribution in [0.15, 0.2) is 0 Å². The minimum Gasteiger partial charge on any atom is -0.352 e. The van der Waals surface area contributed by atoms with E-state index in [1.165, 1.54) is 12.8 Å². The summed E-state index contributed by atoms with van der Waals surface area (Å²) < 4.78 is 0. The first-order valence-electron chi connectivity index (χ1n) is 7.99. The minimum absolute atomic E-state index is 0.0444. The first-order chi connectivity index (χ1) is 9.22. The zero-order valence-electron chi connectivity index (χ0n) is 12.5. The van der Waals surface area contributed by atoms with Crippen LogP contribution in [0, 0.1) is 5.92 Å². The molecule has 0 aromatic rings. The first kappa shape index (κ1) is 14.8. The molecule has 2 saturated heterocycles. The number of nitrogens with one attached hydrogen (secondary N) is 2. The Hall–Kier alpha value is -0.610. The molecule has 2 aliphatic rings. The van der Waals surface area contributed by atoms with Gasteiger partial charge in [0.15, 0.2) is 0 Å². The van der Waals surface area contributed by atoms with Gasteiger partial charge in [0.25, 0.3) is 0 Å². The smallest absolute Gasteiger partial charge is 0.237 e. The van der Waals surface area contributed by atoms with Crippen molar-refractivity contribution in [1.82, 2.24) is 15.5 Å². The number of nitrogens with zero attached hydrogens (tertiary/aromatic N) is 1. The zero-order valence-corrected chi connectivity index (χ0v) is 12.5. The van der Waals surface area contributed by atoms with Crippen molar-refractivity contribution in [2.75, 3.05) is 26.2 Å². The van der Waals surface area contributed by atoms with Gasteiger partial charge in [-0.15, -0.1) is 0 Å². The summed E-state index contributed by atoms with van der Waals surface area (Å²) in [6.07, 6.45) is 5.62. The Morgan fingerprint density at radius 2 is 2.00 bits per heavy atom. The maximum absolute atomic E-state index is 12.3. The lowest BCUT2D eigenvalue weighted by Crippen LogP contribution is -2.53. The standard InChI is InChI=1S/C15H29N3O/c1-3-12-5-8-16-14(11-12)15(19)17-13-6-9-18(4-2)10-7-13/h12-14,16H,3-11H2,1-2H3,(H,17,19). The van der Waals surface area contributed by atoms with Gasteiger partial charge in [-0.2, -0.15) is 0 Å². The van der Waals surface area contributed by atoms with E-state index in [0.717, 1.165) is 51.4 Å². The molecule has 2 aliphatic heterocycles. The number of hydrogen-bond acceptors (Lipinski definition) is 3. The molecule has 0 saturated carbocycles. The Balaban J connectivity index is 1.75. The summed E-state index contributed by atoms with van der Waals surface area (Å²) in [5.74, 6) is 0.951. The molecule has 2 N–H and O–H groups in total. The summed E-state index contributed by atoms with van der Waals surface area (Å²) in [7, 11) is 0. The highest BCUT2D eigenvalue weighted by Crippen LogP contribution is 2.19. The summed E-state index contributed by atoms with van der Waals surface area (Å²) in [6, 6.07) is 0.432. The lowest BCUT2D eigenvalue weighted by Gasteiger charge is -2.34. The number of carbonyl (C=O) groups excluding carboxylic acids is 1. The van der Waals surface area contributed by atoms with Crippen molar-refractivity contribution >= 4 is 5.91 Å². The molecule has 2 rings (SSSR count). The molecule has 110 valence electrons. The van der Waals surface area contributed by atoms with Gasteiger partial charge in [-0.3, -0.25) is 4.79 Å². The van der Waals surface area contributed by atoms with Gasteiger partial charge in [0.1, 0.15) is 0 Å². The maximum Gasteiger partial charge on any atom is 0.237 e. The number of piperidine rings is 2. The molecule has 19 heavy (non-hydrogen) atoms. The fraction of sp³-hybridized carbons (Fsp3) is 0.933. The Kier molecular flexibility index (Phi) is 5.64. The Morgan fingerprint density at radius 1 is 1.26 bits per heavy atom. The van der Waals surface area contributed by atoms with Crippen LogP contribution in [-0.2, 0) is 4.79 Å². The molecule has 0 aromatic heterocycles. The van der Waals surface area contributed by atoms with E-state index >= 15 is 0 Å². The molecule has 2 heterocycles. The summed E-state index contributed by atoms with van der Waals surface area (Å²) in [6.45, 7) is 8.79. The average molecular weight is 267 g/mol. The number of likely N-dealkylation sites (tertiary alicyclic amines) is 1. The topological polar surface area (TPSA) is 44.4 Å². The molecule has 2 unspecified atom stereocenters. The molecule has 2 atom stereocenters. The Morgan fingerprint density at radius 3 is 2.63 bits per heavy atom. The van der Waals surface area contributed by atoms with Crippen LogP contribution in [0.2, 0.25) is 0 Å². The van der Waals surface area contributed by atoms with Gasteiger partial charge in [-0.1, -0.05) is 20.3 Å². The molecule has 0 spiro atoms. The monoisotopic (exact) mass is 267 g/mol. The molecule has 1 amide bonds. The summed E-state index contributed by atoms with van der Waals surface area (Å²) in [4.78, 5) is 14.7. The van der Waals surface area contributed by atoms with Crippen molar-refractivity contribution in [3.05, 3.63) is 0 Å². The number of rotatable bonds is 4. The van der Waals surface area contributed by atoms with E-state index < -0.39 is 0 Å². The van der Waals surface area contributed by atoms with Gasteiger partial charge < -0.3 is 15.5 Å². The van der Waals surface area contributed by atoms with Crippen molar-refractivity contribution in [2.24, 2.45) is 5.92 Å². The first-order valence-corrected chi connectivity index (χ1v) is 7.99. The van der Waals surface area contributed by atoms with Gasteiger partial charge in [-0.05, 0) is 44.7 Å². The van der Waals surface area contributed by atoms with E-state index in [0.29, 0.717) is 6.04 Å². The predicted molar refractivity (Wildman–Crippen MR) is 78.1 cm³/mol. The number of hydrogen-bond donors (Lipinski definition) is 2. The van der Waals surface area contributed by atoms with Crippen LogP contribution in [0.25, 0.3) is 0 Å². The molecule has 0 aromatic carbocycles. The van der Waals surface area contributed by atoms with E-state index in [-0.39, 0.29) is 11.9 Å². The highest BCUT2D eigenvalue weighted by atomic mass is 16.2. The van der Waals surface area contributed by atoms with Crippen molar-refractivity contribution in [2.45, 2.75) is 58.0 Å². The van der Waals surface area contributed by atoms with Crippen LogP contribution in [0.5, 0.6) is 0 Å². The van der Waals surface area contributed by atoms with Crippen LogP contribution in [-0.4, -0.2) is 49.1 Å². The fourth-order valence-electron chi connectivity index (χ4n) is 3.26. The summed E-state index contributed by atoms with van der Waals surface area (Å²) >= 11 is 0. The van der Waals surface area contributed by atoms with Crippen molar-refractivity contribution in [3.8, 4) is 0 Å². The second-order valence-electron chi connectivity index (χ2n) is 6.02. The fourth-order valence-corrected chi connectivity index (χ4v) is 3.26. The van der Waals surface area contributed by atoms with Gasteiger partial charge in [0.2, 0.25) is 5.91 Å². The summed E-state index contributed by atoms with van der Waals surface area (Å²) in [5, 5.41) is 6.62. The Labute approximate surface area is 117 Å². The van der Waals surface area contributed by atoms with Gasteiger partial charge in [-0.25, -0.2) is 0 Å². The third-order valence-electron chi connectivity index (χ3n) is 4.79. The molecule has 0 aliphatic carbocycles. The normalized spacial score (nSPS) is 30.2. The van der Waals surface area contributed by atoms with Crippen molar-refractivity contribution < 1.29 is 4.79 Å². The van der Waals surface area contributed by atoms with Crippen molar-refractivity contribution in [1.29, 1.82) is 0 Å². The second kappa shape index (κ2) is 7.25. The van der Waals surface area contributed by atoms with Gasteiger partial charge in [0, 0.05) is 19.1 Å². The third kappa shape index (κ3) is 4.18. The second-order valence-corrected chi connectivity index (χ2v) is 6.02. The third-order valence-corrected chi connectivity index (χ3v) is 4.79. The van der Waals surface area contributed by atoms with Gasteiger partial charge >= 0.3 is 0 Å². The summed E-state index contributed by atoms with van der Waals surface area (Å²) in [5.41, 5.74) is 0. The van der Waals surface area contributed by atoms with Gasteiger partial charge in [0.05, 0.1) is 6.04 Å². The SMILES string of the molecule is CCC1CCNC(C(=O)NC2CCN(CC)CC2)C1. The van der Waals surface area contributed by atoms with E-state index in [2.05, 4.69) is 29.4 Å². The largest absolute Gasteiger partial charge is 0.352 e. The van der Waals surface area contributed by atoms with Crippen LogP contribution < -0.4 is 10.6 Å². The number of amides is 1. The average Bonchev–Trinajstić information content (AvgIpc) is 2.48.